The molecule has 3 heterocycles. The molecule has 2 aromatic rings. The number of ether oxygens (including phenoxy) is 1. The number of imidazole rings is 1. The lowest BCUT2D eigenvalue weighted by molar-refractivity contribution is -0.0437. The molecule has 11 heteroatoms. The lowest BCUT2D eigenvalue weighted by atomic mass is 10.1. The summed E-state index contributed by atoms with van der Waals surface area (Å²) in [6, 6.07) is -0.916. The van der Waals surface area contributed by atoms with Crippen LogP contribution in [0.3, 0.4) is 0 Å². The van der Waals surface area contributed by atoms with Gasteiger partial charge in [-0.2, -0.15) is 0 Å². The molecule has 11 nitrogen and oxygen atoms in total. The Kier molecular flexibility index (Phi) is 3.31. The highest BCUT2D eigenvalue weighted by atomic mass is 16.5. The van der Waals surface area contributed by atoms with E-state index in [1.165, 1.54) is 17.2 Å². The van der Waals surface area contributed by atoms with Gasteiger partial charge in [-0.25, -0.2) is 15.0 Å². The summed E-state index contributed by atoms with van der Waals surface area (Å²) in [6.07, 6.45) is -0.151. The number of fused-ring (bicyclic) bond motifs is 1. The minimum atomic E-state index is -1.13. The zero-order chi connectivity index (χ0) is 15.0. The second-order valence-electron chi connectivity index (χ2n) is 4.52. The maximum atomic E-state index is 10.0. The summed E-state index contributed by atoms with van der Waals surface area (Å²) in [7, 11) is 0. The molecular formula is C10H12N8O3. The smallest absolute Gasteiger partial charge is 0.167 e. The fourth-order valence-corrected chi connectivity index (χ4v) is 2.35. The maximum Gasteiger partial charge on any atom is 0.167 e. The van der Waals surface area contributed by atoms with Crippen LogP contribution in [0.1, 0.15) is 6.23 Å². The number of rotatable bonds is 3. The Bertz CT molecular complexity index is 711. The van der Waals surface area contributed by atoms with Gasteiger partial charge in [0, 0.05) is 4.91 Å². The Morgan fingerprint density at radius 1 is 1.48 bits per heavy atom. The third-order valence-corrected chi connectivity index (χ3v) is 3.36. The van der Waals surface area contributed by atoms with Crippen LogP contribution in [0.25, 0.3) is 21.6 Å². The number of aliphatic hydroxyl groups is 2. The molecule has 0 unspecified atom stereocenters. The number of nitrogens with zero attached hydrogens (tertiary/aromatic N) is 7. The van der Waals surface area contributed by atoms with Gasteiger partial charge in [0.05, 0.1) is 19.0 Å². The molecule has 4 N–H and O–H groups in total. The summed E-state index contributed by atoms with van der Waals surface area (Å²) in [4.78, 5) is 14.7. The van der Waals surface area contributed by atoms with Crippen LogP contribution < -0.4 is 5.73 Å². The van der Waals surface area contributed by atoms with Crippen molar-refractivity contribution < 1.29 is 14.9 Å². The van der Waals surface area contributed by atoms with Crippen molar-refractivity contribution in [3.63, 3.8) is 0 Å². The first-order chi connectivity index (χ1) is 10.2. The Labute approximate surface area is 117 Å². The SMILES string of the molecule is [N-]=[N+]=N[C@@H]1[C@H](O)[C@@H](CO)O[C@H]1n1cnc2c(N)ncnc21. The molecule has 3 rings (SSSR count). The molecule has 110 valence electrons. The van der Waals surface area contributed by atoms with Gasteiger partial charge in [-0.15, -0.1) is 0 Å². The third-order valence-electron chi connectivity index (χ3n) is 3.36. The molecule has 0 saturated carbocycles. The van der Waals surface area contributed by atoms with Crippen LogP contribution >= 0.6 is 0 Å². The topological polar surface area (TPSA) is 168 Å². The van der Waals surface area contributed by atoms with E-state index in [0.29, 0.717) is 11.2 Å². The number of aliphatic hydroxyl groups excluding tert-OH is 2. The maximum absolute atomic E-state index is 10.0. The largest absolute Gasteiger partial charge is 0.394 e. The molecule has 0 bridgehead atoms. The van der Waals surface area contributed by atoms with Crippen molar-refractivity contribution >= 4 is 17.0 Å². The van der Waals surface area contributed by atoms with Gasteiger partial charge in [-0.1, -0.05) is 5.11 Å². The van der Waals surface area contributed by atoms with Gasteiger partial charge in [-0.3, -0.25) is 4.57 Å². The second-order valence-corrected chi connectivity index (χ2v) is 4.52. The molecule has 4 atom stereocenters. The van der Waals surface area contributed by atoms with E-state index in [0.717, 1.165) is 0 Å². The van der Waals surface area contributed by atoms with Gasteiger partial charge in [0.2, 0.25) is 0 Å². The number of hydrogen-bond acceptors (Lipinski definition) is 8. The van der Waals surface area contributed by atoms with E-state index < -0.39 is 31.1 Å². The zero-order valence-electron chi connectivity index (χ0n) is 10.7. The Hall–Kier alpha value is -2.46. The van der Waals surface area contributed by atoms with E-state index in [2.05, 4.69) is 25.0 Å². The summed E-state index contributed by atoms with van der Waals surface area (Å²) in [5.74, 6) is 0.205. The number of anilines is 1. The van der Waals surface area contributed by atoms with E-state index in [1.54, 1.807) is 0 Å². The number of nitrogen functional groups attached to an aromatic ring is 1. The van der Waals surface area contributed by atoms with Crippen molar-refractivity contribution in [3.05, 3.63) is 23.1 Å². The van der Waals surface area contributed by atoms with Gasteiger partial charge >= 0.3 is 0 Å². The van der Waals surface area contributed by atoms with Crippen LogP contribution in [0.15, 0.2) is 17.8 Å². The number of hydrogen-bond donors (Lipinski definition) is 3. The van der Waals surface area contributed by atoms with Gasteiger partial charge in [0.1, 0.15) is 30.2 Å². The van der Waals surface area contributed by atoms with Crippen LogP contribution in [0, 0.1) is 0 Å². The monoisotopic (exact) mass is 292 g/mol. The van der Waals surface area contributed by atoms with Crippen molar-refractivity contribution in [2.75, 3.05) is 12.3 Å². The van der Waals surface area contributed by atoms with Gasteiger partial charge in [-0.05, 0) is 5.53 Å². The number of aromatic nitrogens is 4. The van der Waals surface area contributed by atoms with Crippen LogP contribution in [0.2, 0.25) is 0 Å². The summed E-state index contributed by atoms with van der Waals surface area (Å²) in [6.45, 7) is -0.404. The Morgan fingerprint density at radius 2 is 2.29 bits per heavy atom. The molecule has 0 radical (unpaired) electrons. The number of azide groups is 1. The molecule has 0 aliphatic carbocycles. The van der Waals surface area contributed by atoms with Crippen LogP contribution in [-0.4, -0.2) is 54.6 Å². The fraction of sp³-hybridized carbons (Fsp3) is 0.500. The first-order valence-corrected chi connectivity index (χ1v) is 6.09. The Morgan fingerprint density at radius 3 is 3.00 bits per heavy atom. The minimum absolute atomic E-state index is 0.205. The molecule has 1 fully saturated rings. The lowest BCUT2D eigenvalue weighted by Gasteiger charge is -2.16. The predicted molar refractivity (Wildman–Crippen MR) is 69.7 cm³/mol. The van der Waals surface area contributed by atoms with Crippen molar-refractivity contribution in [1.29, 1.82) is 0 Å². The zero-order valence-corrected chi connectivity index (χ0v) is 10.7. The third kappa shape index (κ3) is 2.04. The van der Waals surface area contributed by atoms with E-state index in [4.69, 9.17) is 16.0 Å². The lowest BCUT2D eigenvalue weighted by Crippen LogP contribution is -2.31. The van der Waals surface area contributed by atoms with Crippen LogP contribution in [0.4, 0.5) is 5.82 Å². The van der Waals surface area contributed by atoms with Gasteiger partial charge in [0.15, 0.2) is 11.5 Å². The highest BCUT2D eigenvalue weighted by Crippen LogP contribution is 2.33. The van der Waals surface area contributed by atoms with Gasteiger partial charge in [0.25, 0.3) is 0 Å². The van der Waals surface area contributed by atoms with E-state index >= 15 is 0 Å². The van der Waals surface area contributed by atoms with Crippen LogP contribution in [-0.2, 0) is 4.74 Å². The molecule has 21 heavy (non-hydrogen) atoms. The highest BCUT2D eigenvalue weighted by Gasteiger charge is 2.44. The normalized spacial score (nSPS) is 28.7. The minimum Gasteiger partial charge on any atom is -0.394 e. The Balaban J connectivity index is 2.08. The number of nitrogens with two attached hydrogens (primary N) is 1. The van der Waals surface area contributed by atoms with E-state index in [1.807, 2.05) is 0 Å². The highest BCUT2D eigenvalue weighted by molar-refractivity contribution is 5.81. The summed E-state index contributed by atoms with van der Waals surface area (Å²) < 4.78 is 7.03. The molecule has 1 aliphatic rings. The molecular weight excluding hydrogens is 280 g/mol. The van der Waals surface area contributed by atoms with E-state index in [9.17, 15) is 10.2 Å². The molecule has 0 amide bonds. The van der Waals surface area contributed by atoms with Crippen molar-refractivity contribution in [1.82, 2.24) is 19.5 Å². The summed E-state index contributed by atoms with van der Waals surface area (Å²) in [5.41, 5.74) is 15.1. The quantitative estimate of drug-likeness (QED) is 0.383. The van der Waals surface area contributed by atoms with E-state index in [-0.39, 0.29) is 5.82 Å². The summed E-state index contributed by atoms with van der Waals surface area (Å²) >= 11 is 0. The summed E-state index contributed by atoms with van der Waals surface area (Å²) in [5, 5.41) is 22.8. The fourth-order valence-electron chi connectivity index (χ4n) is 2.35. The second kappa shape index (κ2) is 5.14. The molecule has 0 spiro atoms. The molecule has 2 aromatic heterocycles. The van der Waals surface area contributed by atoms with Crippen LogP contribution in [0.5, 0.6) is 0 Å². The average Bonchev–Trinajstić information content (AvgIpc) is 3.03. The predicted octanol–water partition coefficient (Wildman–Crippen LogP) is -0.662. The van der Waals surface area contributed by atoms with Crippen molar-refractivity contribution in [2.24, 2.45) is 5.11 Å². The molecule has 0 aromatic carbocycles. The first-order valence-electron chi connectivity index (χ1n) is 6.09. The van der Waals surface area contributed by atoms with Crippen molar-refractivity contribution in [2.45, 2.75) is 24.5 Å². The molecule has 1 saturated heterocycles. The standard InChI is InChI=1S/C10H12N8O3/c11-8-6-9(14-2-13-8)18(3-15-6)10-5(16-17-12)7(20)4(1-19)21-10/h2-5,7,10,19-20H,1H2,(H2,11,13,14)/t4-,5-,7-,10-/m1/s1. The first kappa shape index (κ1) is 13.5. The average molecular weight is 292 g/mol. The van der Waals surface area contributed by atoms with Gasteiger partial charge < -0.3 is 20.7 Å². The molecule has 1 aliphatic heterocycles. The van der Waals surface area contributed by atoms with Crippen molar-refractivity contribution in [3.8, 4) is 0 Å².